The number of fused-ring (bicyclic) bond motifs is 1. The molecule has 0 amide bonds. The number of sulfonamides is 1. The standard InChI is InChI=1S/C24H27F5N2O3S/c1-4-17-12-16(14-30-7-9-31(10-8-30)35(3,33)34)5-6-18(17)19-13-21-20(11-15(19)2)22(32,23(21,25)26)24(27,28)29/h5-6,11-13,32H,4,7-10,14H2,1-3H3. The van der Waals surface area contributed by atoms with E-state index in [9.17, 15) is 35.5 Å². The molecule has 0 saturated carbocycles. The fraction of sp³-hybridized carbons (Fsp3) is 0.500. The molecule has 1 fully saturated rings. The number of piperazine rings is 1. The van der Waals surface area contributed by atoms with Crippen LogP contribution in [0.15, 0.2) is 30.3 Å². The van der Waals surface area contributed by atoms with Crippen LogP contribution in [0.1, 0.15) is 34.7 Å². The number of alkyl halides is 5. The van der Waals surface area contributed by atoms with E-state index in [1.54, 1.807) is 6.07 Å². The van der Waals surface area contributed by atoms with Crippen molar-refractivity contribution in [1.29, 1.82) is 0 Å². The molecular formula is C24H27F5N2O3S. The molecule has 0 bridgehead atoms. The van der Waals surface area contributed by atoms with Gasteiger partial charge < -0.3 is 5.11 Å². The van der Waals surface area contributed by atoms with Gasteiger partial charge in [0.1, 0.15) is 0 Å². The zero-order valence-corrected chi connectivity index (χ0v) is 20.4. The molecule has 1 unspecified atom stereocenters. The van der Waals surface area contributed by atoms with Gasteiger partial charge in [0.25, 0.3) is 5.60 Å². The third kappa shape index (κ3) is 4.16. The first-order valence-corrected chi connectivity index (χ1v) is 13.1. The number of hydrogen-bond acceptors (Lipinski definition) is 4. The predicted octanol–water partition coefficient (Wildman–Crippen LogP) is 4.16. The summed E-state index contributed by atoms with van der Waals surface area (Å²) in [6.45, 7) is 6.01. The lowest BCUT2D eigenvalue weighted by Gasteiger charge is -2.47. The minimum atomic E-state index is -5.50. The number of hydrogen-bond donors (Lipinski definition) is 1. The molecule has 11 heteroatoms. The van der Waals surface area contributed by atoms with Crippen molar-refractivity contribution in [3.63, 3.8) is 0 Å². The molecular weight excluding hydrogens is 491 g/mol. The van der Waals surface area contributed by atoms with Gasteiger partial charge in [0.05, 0.1) is 6.26 Å². The summed E-state index contributed by atoms with van der Waals surface area (Å²) in [7, 11) is -3.22. The van der Waals surface area contributed by atoms with Gasteiger partial charge in [0.2, 0.25) is 10.0 Å². The summed E-state index contributed by atoms with van der Waals surface area (Å²) in [5.41, 5.74) is -2.56. The molecule has 2 aromatic carbocycles. The van der Waals surface area contributed by atoms with E-state index in [4.69, 9.17) is 0 Å². The molecule has 1 aliphatic carbocycles. The fourth-order valence-corrected chi connectivity index (χ4v) is 5.79. The zero-order valence-electron chi connectivity index (χ0n) is 19.6. The summed E-state index contributed by atoms with van der Waals surface area (Å²) in [6, 6.07) is 7.64. The maximum atomic E-state index is 14.5. The van der Waals surface area contributed by atoms with E-state index in [1.165, 1.54) is 17.5 Å². The van der Waals surface area contributed by atoms with Crippen LogP contribution in [0.3, 0.4) is 0 Å². The highest BCUT2D eigenvalue weighted by atomic mass is 32.2. The lowest BCUT2D eigenvalue weighted by molar-refractivity contribution is -0.364. The van der Waals surface area contributed by atoms with Crippen LogP contribution in [0.25, 0.3) is 11.1 Å². The Morgan fingerprint density at radius 2 is 1.63 bits per heavy atom. The van der Waals surface area contributed by atoms with Crippen LogP contribution in [0.5, 0.6) is 0 Å². The second-order valence-corrected chi connectivity index (χ2v) is 11.3. The molecule has 1 heterocycles. The summed E-state index contributed by atoms with van der Waals surface area (Å²) in [4.78, 5) is 2.13. The molecule has 1 aliphatic heterocycles. The number of rotatable bonds is 5. The Labute approximate surface area is 201 Å². The SMILES string of the molecule is CCc1cc(CN2CCN(S(C)(=O)=O)CC2)ccc1-c1cc2c(cc1C)C(O)(C(F)(F)F)C2(F)F. The second-order valence-electron chi connectivity index (χ2n) is 9.28. The Kier molecular flexibility index (Phi) is 6.31. The first-order chi connectivity index (χ1) is 16.1. The second kappa shape index (κ2) is 8.50. The average molecular weight is 519 g/mol. The Morgan fingerprint density at radius 1 is 1.00 bits per heavy atom. The normalized spacial score (nSPS) is 23.1. The van der Waals surface area contributed by atoms with Crippen molar-refractivity contribution >= 4 is 10.0 Å². The van der Waals surface area contributed by atoms with Gasteiger partial charge >= 0.3 is 12.1 Å². The monoisotopic (exact) mass is 518 g/mol. The third-order valence-corrected chi connectivity index (χ3v) is 8.31. The lowest BCUT2D eigenvalue weighted by atomic mass is 9.67. The molecule has 0 radical (unpaired) electrons. The highest BCUT2D eigenvalue weighted by Crippen LogP contribution is 2.64. The topological polar surface area (TPSA) is 60.9 Å². The van der Waals surface area contributed by atoms with E-state index in [-0.39, 0.29) is 0 Å². The molecule has 2 aromatic rings. The maximum absolute atomic E-state index is 14.5. The Balaban J connectivity index is 1.61. The average Bonchev–Trinajstić information content (AvgIpc) is 2.77. The van der Waals surface area contributed by atoms with E-state index < -0.39 is 38.9 Å². The third-order valence-electron chi connectivity index (χ3n) is 7.00. The van der Waals surface area contributed by atoms with E-state index in [0.717, 1.165) is 23.3 Å². The Bertz CT molecular complexity index is 1250. The number of nitrogens with zero attached hydrogens (tertiary/aromatic N) is 2. The van der Waals surface area contributed by atoms with Gasteiger partial charge in [-0.1, -0.05) is 31.2 Å². The van der Waals surface area contributed by atoms with Gasteiger partial charge in [-0.3, -0.25) is 4.90 Å². The first-order valence-electron chi connectivity index (χ1n) is 11.2. The number of aryl methyl sites for hydroxylation is 2. The van der Waals surface area contributed by atoms with Gasteiger partial charge in [-0.25, -0.2) is 8.42 Å². The summed E-state index contributed by atoms with van der Waals surface area (Å²) in [6.07, 6.45) is -3.74. The highest BCUT2D eigenvalue weighted by Gasteiger charge is 2.78. The van der Waals surface area contributed by atoms with Crippen molar-refractivity contribution in [2.24, 2.45) is 0 Å². The largest absolute Gasteiger partial charge is 0.427 e. The van der Waals surface area contributed by atoms with Gasteiger partial charge in [-0.2, -0.15) is 26.3 Å². The molecule has 1 N–H and O–H groups in total. The fourth-order valence-electron chi connectivity index (χ4n) is 4.97. The summed E-state index contributed by atoms with van der Waals surface area (Å²) >= 11 is 0. The quantitative estimate of drug-likeness (QED) is 0.604. The van der Waals surface area contributed by atoms with Crippen LogP contribution >= 0.6 is 0 Å². The molecule has 0 spiro atoms. The maximum Gasteiger partial charge on any atom is 0.427 e. The first kappa shape index (κ1) is 26.0. The predicted molar refractivity (Wildman–Crippen MR) is 122 cm³/mol. The van der Waals surface area contributed by atoms with Crippen LogP contribution in [0, 0.1) is 6.92 Å². The molecule has 0 aromatic heterocycles. The van der Waals surface area contributed by atoms with Gasteiger partial charge in [0.15, 0.2) is 0 Å². The smallest absolute Gasteiger partial charge is 0.371 e. The van der Waals surface area contributed by atoms with Gasteiger partial charge in [0, 0.05) is 43.9 Å². The molecule has 1 saturated heterocycles. The van der Waals surface area contributed by atoms with Gasteiger partial charge in [-0.05, 0) is 47.2 Å². The minimum absolute atomic E-state index is 0.362. The lowest BCUT2D eigenvalue weighted by Crippen LogP contribution is -2.62. The van der Waals surface area contributed by atoms with Crippen molar-refractivity contribution in [3.8, 4) is 11.1 Å². The molecule has 2 aliphatic rings. The number of aliphatic hydroxyl groups is 1. The van der Waals surface area contributed by atoms with Crippen molar-refractivity contribution in [2.45, 2.75) is 44.5 Å². The molecule has 5 nitrogen and oxygen atoms in total. The Hall–Kier alpha value is -2.08. The number of benzene rings is 2. The Morgan fingerprint density at radius 3 is 2.17 bits per heavy atom. The van der Waals surface area contributed by atoms with Crippen LogP contribution < -0.4 is 0 Å². The molecule has 192 valence electrons. The van der Waals surface area contributed by atoms with Crippen molar-refractivity contribution in [1.82, 2.24) is 9.21 Å². The zero-order chi connectivity index (χ0) is 26.0. The van der Waals surface area contributed by atoms with E-state index >= 15 is 0 Å². The van der Waals surface area contributed by atoms with Crippen molar-refractivity contribution < 1.29 is 35.5 Å². The van der Waals surface area contributed by atoms with Crippen molar-refractivity contribution in [3.05, 3.63) is 58.1 Å². The molecule has 4 rings (SSSR count). The van der Waals surface area contributed by atoms with Crippen LogP contribution in [-0.4, -0.2) is 61.3 Å². The summed E-state index contributed by atoms with van der Waals surface area (Å²) in [5, 5.41) is 9.85. The summed E-state index contributed by atoms with van der Waals surface area (Å²) in [5.74, 6) is -4.44. The van der Waals surface area contributed by atoms with Crippen molar-refractivity contribution in [2.75, 3.05) is 32.4 Å². The van der Waals surface area contributed by atoms with Crippen LogP contribution in [0.4, 0.5) is 22.0 Å². The summed E-state index contributed by atoms with van der Waals surface area (Å²) < 4.78 is 93.7. The van der Waals surface area contributed by atoms with E-state index in [0.29, 0.717) is 55.8 Å². The van der Waals surface area contributed by atoms with Crippen LogP contribution in [-0.2, 0) is 34.5 Å². The molecule has 1 atom stereocenters. The van der Waals surface area contributed by atoms with Gasteiger partial charge in [-0.15, -0.1) is 0 Å². The minimum Gasteiger partial charge on any atom is -0.371 e. The van der Waals surface area contributed by atoms with E-state index in [1.807, 2.05) is 19.1 Å². The van der Waals surface area contributed by atoms with E-state index in [2.05, 4.69) is 4.90 Å². The molecule has 35 heavy (non-hydrogen) atoms. The van der Waals surface area contributed by atoms with Crippen LogP contribution in [0.2, 0.25) is 0 Å². The number of halogens is 5. The highest BCUT2D eigenvalue weighted by molar-refractivity contribution is 7.88.